The number of ether oxygens (including phenoxy) is 1. The third-order valence-electron chi connectivity index (χ3n) is 5.73. The molecule has 1 unspecified atom stereocenters. The summed E-state index contributed by atoms with van der Waals surface area (Å²) in [6.45, 7) is 3.71. The van der Waals surface area contributed by atoms with Crippen molar-refractivity contribution in [3.8, 4) is 17.0 Å². The average molecular weight is 414 g/mol. The molecule has 0 radical (unpaired) electrons. The van der Waals surface area contributed by atoms with Crippen LogP contribution in [-0.4, -0.2) is 22.9 Å². The van der Waals surface area contributed by atoms with Crippen molar-refractivity contribution in [2.24, 2.45) is 5.92 Å². The highest BCUT2D eigenvalue weighted by Crippen LogP contribution is 2.37. The Morgan fingerprint density at radius 2 is 2.10 bits per heavy atom. The van der Waals surface area contributed by atoms with Gasteiger partial charge in [-0.3, -0.25) is 9.59 Å². The van der Waals surface area contributed by atoms with E-state index in [1.54, 1.807) is 6.92 Å². The zero-order chi connectivity index (χ0) is 20.4. The van der Waals surface area contributed by atoms with E-state index in [4.69, 9.17) is 4.74 Å². The molecule has 7 heteroatoms. The third-order valence-corrected chi connectivity index (χ3v) is 6.62. The van der Waals surface area contributed by atoms with Crippen LogP contribution in [0.25, 0.3) is 11.3 Å². The molecule has 154 valence electrons. The molecule has 6 nitrogen and oxygen atoms in total. The fourth-order valence-electron chi connectivity index (χ4n) is 4.07. The maximum atomic E-state index is 12.4. The first kappa shape index (κ1) is 19.9. The smallest absolute Gasteiger partial charge is 0.265 e. The molecule has 1 aliphatic carbocycles. The highest BCUT2D eigenvalue weighted by molar-refractivity contribution is 7.16. The number of hydrogen-bond acceptors (Lipinski definition) is 5. The van der Waals surface area contributed by atoms with Crippen molar-refractivity contribution in [3.63, 3.8) is 0 Å². The summed E-state index contributed by atoms with van der Waals surface area (Å²) in [6, 6.07) is 5.65. The Morgan fingerprint density at radius 1 is 1.31 bits per heavy atom. The Kier molecular flexibility index (Phi) is 5.85. The van der Waals surface area contributed by atoms with Crippen molar-refractivity contribution in [2.45, 2.75) is 64.9 Å². The second-order valence-electron chi connectivity index (χ2n) is 7.97. The van der Waals surface area contributed by atoms with E-state index in [2.05, 4.69) is 15.6 Å². The minimum absolute atomic E-state index is 0.0379. The number of nitrogens with zero attached hydrogens (tertiary/aromatic N) is 1. The zero-order valence-electron chi connectivity index (χ0n) is 16.9. The number of aryl methyl sites for hydroxylation is 1. The lowest BCUT2D eigenvalue weighted by molar-refractivity contribution is -0.122. The van der Waals surface area contributed by atoms with E-state index in [9.17, 15) is 9.59 Å². The minimum atomic E-state index is -0.496. The predicted molar refractivity (Wildman–Crippen MR) is 115 cm³/mol. The number of anilines is 2. The third kappa shape index (κ3) is 4.61. The molecular weight excluding hydrogens is 386 g/mol. The summed E-state index contributed by atoms with van der Waals surface area (Å²) in [5.74, 6) is 1.23. The Bertz CT molecular complexity index is 918. The Hall–Kier alpha value is -2.41. The number of rotatable bonds is 5. The van der Waals surface area contributed by atoms with Crippen LogP contribution in [0.4, 0.5) is 10.8 Å². The largest absolute Gasteiger partial charge is 0.479 e. The molecule has 2 heterocycles. The van der Waals surface area contributed by atoms with Crippen molar-refractivity contribution in [2.75, 3.05) is 10.6 Å². The Balaban J connectivity index is 1.42. The van der Waals surface area contributed by atoms with Gasteiger partial charge in [0.2, 0.25) is 5.91 Å². The monoisotopic (exact) mass is 413 g/mol. The zero-order valence-corrected chi connectivity index (χ0v) is 17.7. The quantitative estimate of drug-likeness (QED) is 0.711. The molecule has 4 rings (SSSR count). The van der Waals surface area contributed by atoms with Crippen LogP contribution >= 0.6 is 11.3 Å². The summed E-state index contributed by atoms with van der Waals surface area (Å²) in [5, 5.41) is 6.45. The molecule has 1 aliphatic heterocycles. The normalized spacial score (nSPS) is 19.2. The van der Waals surface area contributed by atoms with Gasteiger partial charge in [-0.2, -0.15) is 0 Å². The maximum Gasteiger partial charge on any atom is 0.265 e. The van der Waals surface area contributed by atoms with Crippen LogP contribution in [0.1, 0.15) is 56.7 Å². The molecule has 1 aromatic carbocycles. The van der Waals surface area contributed by atoms with Gasteiger partial charge in [-0.1, -0.05) is 32.1 Å². The number of nitrogens with one attached hydrogen (secondary N) is 2. The number of carbonyl (C=O) groups excluding carboxylic acids is 2. The summed E-state index contributed by atoms with van der Waals surface area (Å²) in [5.41, 5.74) is 2.35. The second-order valence-corrected chi connectivity index (χ2v) is 9.18. The average Bonchev–Trinajstić information content (AvgIpc) is 3.07. The highest BCUT2D eigenvalue weighted by atomic mass is 32.1. The summed E-state index contributed by atoms with van der Waals surface area (Å²) in [7, 11) is 0. The van der Waals surface area contributed by atoms with E-state index >= 15 is 0 Å². The summed E-state index contributed by atoms with van der Waals surface area (Å²) in [6.07, 6.45) is 7.46. The number of fused-ring (bicyclic) bond motifs is 1. The van der Waals surface area contributed by atoms with Crippen molar-refractivity contribution in [1.82, 2.24) is 4.98 Å². The molecule has 2 amide bonds. The number of hydrogen-bond donors (Lipinski definition) is 2. The predicted octanol–water partition coefficient (Wildman–Crippen LogP) is 5.14. The van der Waals surface area contributed by atoms with E-state index in [1.165, 1.54) is 43.4 Å². The first-order chi connectivity index (χ1) is 14.0. The molecular formula is C22H27N3O3S. The van der Waals surface area contributed by atoms with E-state index in [1.807, 2.05) is 25.1 Å². The molecule has 0 spiro atoms. The molecule has 2 aliphatic rings. The van der Waals surface area contributed by atoms with Crippen LogP contribution in [0.15, 0.2) is 18.2 Å². The summed E-state index contributed by atoms with van der Waals surface area (Å²) < 4.78 is 5.61. The van der Waals surface area contributed by atoms with Gasteiger partial charge < -0.3 is 15.4 Å². The van der Waals surface area contributed by atoms with E-state index < -0.39 is 6.10 Å². The molecule has 2 N–H and O–H groups in total. The van der Waals surface area contributed by atoms with Crippen LogP contribution in [0, 0.1) is 12.8 Å². The molecule has 1 atom stereocenters. The Morgan fingerprint density at radius 3 is 2.90 bits per heavy atom. The van der Waals surface area contributed by atoms with Crippen LogP contribution in [-0.2, 0) is 9.59 Å². The summed E-state index contributed by atoms with van der Waals surface area (Å²) in [4.78, 5) is 29.9. The molecule has 2 aromatic rings. The number of carbonyl (C=O) groups is 2. The molecule has 0 saturated heterocycles. The first-order valence-electron chi connectivity index (χ1n) is 10.4. The Labute approximate surface area is 175 Å². The molecule has 0 bridgehead atoms. The fraction of sp³-hybridized carbons (Fsp3) is 0.500. The van der Waals surface area contributed by atoms with Crippen LogP contribution in [0.2, 0.25) is 0 Å². The number of thiazole rings is 1. The van der Waals surface area contributed by atoms with Gasteiger partial charge >= 0.3 is 0 Å². The van der Waals surface area contributed by atoms with Crippen LogP contribution < -0.4 is 15.4 Å². The number of benzene rings is 1. The summed E-state index contributed by atoms with van der Waals surface area (Å²) >= 11 is 1.48. The van der Waals surface area contributed by atoms with Gasteiger partial charge in [0.05, 0.1) is 11.4 Å². The van der Waals surface area contributed by atoms with Gasteiger partial charge in [-0.15, -0.1) is 11.3 Å². The molecule has 1 fully saturated rings. The minimum Gasteiger partial charge on any atom is -0.479 e. The van der Waals surface area contributed by atoms with Gasteiger partial charge in [0.15, 0.2) is 11.2 Å². The van der Waals surface area contributed by atoms with Gasteiger partial charge in [0.25, 0.3) is 5.91 Å². The number of amides is 2. The van der Waals surface area contributed by atoms with E-state index in [0.29, 0.717) is 28.9 Å². The van der Waals surface area contributed by atoms with Crippen molar-refractivity contribution in [3.05, 3.63) is 23.1 Å². The standard InChI is InChI=1S/C22H27N3O3S/c1-13-21(27)23-17-12-16(9-10-18(17)28-13)20-14(2)29-22(25-20)24-19(26)11-8-15-6-4-3-5-7-15/h9-10,12-13,15H,3-8,11H2,1-2H3,(H,23,27)(H,24,25,26). The van der Waals surface area contributed by atoms with Gasteiger partial charge in [0.1, 0.15) is 5.75 Å². The van der Waals surface area contributed by atoms with E-state index in [-0.39, 0.29) is 11.8 Å². The maximum absolute atomic E-state index is 12.4. The van der Waals surface area contributed by atoms with Gasteiger partial charge in [-0.05, 0) is 44.4 Å². The molecule has 1 saturated carbocycles. The lowest BCUT2D eigenvalue weighted by atomic mass is 9.86. The van der Waals surface area contributed by atoms with Gasteiger partial charge in [0, 0.05) is 16.9 Å². The molecule has 29 heavy (non-hydrogen) atoms. The second kappa shape index (κ2) is 8.53. The SMILES string of the molecule is Cc1sc(NC(=O)CCC2CCCCC2)nc1-c1ccc2c(c1)NC(=O)C(C)O2. The highest BCUT2D eigenvalue weighted by Gasteiger charge is 2.24. The number of aromatic nitrogens is 1. The van der Waals surface area contributed by atoms with Crippen molar-refractivity contribution in [1.29, 1.82) is 0 Å². The van der Waals surface area contributed by atoms with E-state index in [0.717, 1.165) is 22.6 Å². The topological polar surface area (TPSA) is 80.3 Å². The van der Waals surface area contributed by atoms with Crippen molar-refractivity contribution >= 4 is 34.0 Å². The lowest BCUT2D eigenvalue weighted by Gasteiger charge is -2.23. The first-order valence-corrected chi connectivity index (χ1v) is 11.2. The van der Waals surface area contributed by atoms with Crippen LogP contribution in [0.5, 0.6) is 5.75 Å². The van der Waals surface area contributed by atoms with Crippen LogP contribution in [0.3, 0.4) is 0 Å². The van der Waals surface area contributed by atoms with Crippen molar-refractivity contribution < 1.29 is 14.3 Å². The lowest BCUT2D eigenvalue weighted by Crippen LogP contribution is -2.34. The van der Waals surface area contributed by atoms with Gasteiger partial charge in [-0.25, -0.2) is 4.98 Å². The fourth-order valence-corrected chi connectivity index (χ4v) is 4.92. The molecule has 1 aromatic heterocycles.